The number of para-hydroxylation sites is 1. The molecular weight excluding hydrogens is 376 g/mol. The number of piperazine rings is 1. The summed E-state index contributed by atoms with van der Waals surface area (Å²) in [5.74, 6) is -0.225. The lowest BCUT2D eigenvalue weighted by Crippen LogP contribution is -2.43. The molecule has 152 valence electrons. The number of carbonyl (C=O) groups excluding carboxylic acids is 1. The fourth-order valence-corrected chi connectivity index (χ4v) is 4.10. The summed E-state index contributed by atoms with van der Waals surface area (Å²) in [6.07, 6.45) is 4.33. The fraction of sp³-hybridized carbons (Fsp3) is 0.261. The molecular formula is C23H24N6O. The van der Waals surface area contributed by atoms with E-state index in [2.05, 4.69) is 43.0 Å². The van der Waals surface area contributed by atoms with Gasteiger partial charge in [-0.3, -0.25) is 9.78 Å². The zero-order valence-electron chi connectivity index (χ0n) is 16.6. The highest BCUT2D eigenvalue weighted by Gasteiger charge is 2.23. The predicted molar refractivity (Wildman–Crippen MR) is 118 cm³/mol. The normalized spacial score (nSPS) is 17.9. The van der Waals surface area contributed by atoms with Crippen molar-refractivity contribution in [3.05, 3.63) is 77.9 Å². The number of amides is 1. The van der Waals surface area contributed by atoms with Gasteiger partial charge in [0.25, 0.3) is 5.91 Å². The minimum Gasteiger partial charge on any atom is -0.376 e. The van der Waals surface area contributed by atoms with Gasteiger partial charge >= 0.3 is 0 Å². The fourth-order valence-electron chi connectivity index (χ4n) is 4.10. The summed E-state index contributed by atoms with van der Waals surface area (Å²) >= 11 is 0. The van der Waals surface area contributed by atoms with E-state index < -0.39 is 0 Å². The van der Waals surface area contributed by atoms with Crippen LogP contribution in [-0.2, 0) is 6.42 Å². The summed E-state index contributed by atoms with van der Waals surface area (Å²) in [4.78, 5) is 24.1. The van der Waals surface area contributed by atoms with Crippen LogP contribution in [0, 0.1) is 0 Å². The molecule has 1 amide bonds. The number of nitrogens with zero attached hydrogens (tertiary/aromatic N) is 3. The van der Waals surface area contributed by atoms with Crippen molar-refractivity contribution in [2.75, 3.05) is 41.7 Å². The van der Waals surface area contributed by atoms with Crippen molar-refractivity contribution in [2.45, 2.75) is 12.5 Å². The highest BCUT2D eigenvalue weighted by molar-refractivity contribution is 6.04. The maximum atomic E-state index is 13.0. The average Bonchev–Trinajstić information content (AvgIpc) is 3.25. The Balaban J connectivity index is 1.34. The zero-order valence-corrected chi connectivity index (χ0v) is 16.6. The van der Waals surface area contributed by atoms with Gasteiger partial charge in [-0.05, 0) is 29.8 Å². The van der Waals surface area contributed by atoms with E-state index in [9.17, 15) is 4.79 Å². The number of anilines is 3. The molecule has 7 nitrogen and oxygen atoms in total. The summed E-state index contributed by atoms with van der Waals surface area (Å²) in [6, 6.07) is 15.9. The van der Waals surface area contributed by atoms with Crippen molar-refractivity contribution in [2.24, 2.45) is 0 Å². The van der Waals surface area contributed by atoms with Crippen molar-refractivity contribution in [1.29, 1.82) is 0 Å². The van der Waals surface area contributed by atoms with Crippen LogP contribution in [-0.4, -0.2) is 42.1 Å². The first kappa shape index (κ1) is 18.6. The van der Waals surface area contributed by atoms with Gasteiger partial charge in [-0.1, -0.05) is 24.3 Å². The molecule has 2 aromatic heterocycles. The molecule has 0 saturated carbocycles. The summed E-state index contributed by atoms with van der Waals surface area (Å²) in [6.45, 7) is 3.65. The maximum Gasteiger partial charge on any atom is 0.274 e. The number of hydrogen-bond acceptors (Lipinski definition) is 6. The number of hydrogen-bond donors (Lipinski definition) is 3. The van der Waals surface area contributed by atoms with Crippen LogP contribution in [0.25, 0.3) is 0 Å². The van der Waals surface area contributed by atoms with Gasteiger partial charge in [0.05, 0.1) is 29.3 Å². The molecule has 0 bridgehead atoms. The van der Waals surface area contributed by atoms with Crippen molar-refractivity contribution >= 4 is 23.0 Å². The van der Waals surface area contributed by atoms with Crippen LogP contribution >= 0.6 is 0 Å². The minimum absolute atomic E-state index is 0.0740. The third-order valence-electron chi connectivity index (χ3n) is 5.64. The highest BCUT2D eigenvalue weighted by Crippen LogP contribution is 2.33. The van der Waals surface area contributed by atoms with E-state index in [1.165, 1.54) is 5.56 Å². The Hall–Kier alpha value is -3.45. The Bertz CT molecular complexity index is 1040. The second-order valence-corrected chi connectivity index (χ2v) is 7.59. The van der Waals surface area contributed by atoms with E-state index in [4.69, 9.17) is 0 Å². The van der Waals surface area contributed by atoms with Gasteiger partial charge in [-0.15, -0.1) is 0 Å². The van der Waals surface area contributed by atoms with Gasteiger partial charge in [0.15, 0.2) is 0 Å². The lowest BCUT2D eigenvalue weighted by molar-refractivity contribution is 0.102. The lowest BCUT2D eigenvalue weighted by Gasteiger charge is -2.30. The topological polar surface area (TPSA) is 82.2 Å². The van der Waals surface area contributed by atoms with Crippen molar-refractivity contribution in [3.63, 3.8) is 0 Å². The molecule has 0 radical (unpaired) electrons. The molecule has 0 spiro atoms. The SMILES string of the molecule is O=C(Nc1cnccc1N1CCNCC1)c1cccc(C2Cc3ccccc3N2)n1. The van der Waals surface area contributed by atoms with Crippen LogP contribution in [0.4, 0.5) is 17.1 Å². The average molecular weight is 400 g/mol. The first-order valence-corrected chi connectivity index (χ1v) is 10.3. The van der Waals surface area contributed by atoms with Crippen molar-refractivity contribution in [3.8, 4) is 0 Å². The second-order valence-electron chi connectivity index (χ2n) is 7.59. The van der Waals surface area contributed by atoms with Crippen molar-refractivity contribution < 1.29 is 4.79 Å². The van der Waals surface area contributed by atoms with Crippen LogP contribution in [0.5, 0.6) is 0 Å². The standard InChI is InChI=1S/C23H24N6O/c30-23(28-21-15-25-9-8-22(21)29-12-10-24-11-13-29)19-7-3-6-18(27-19)20-14-16-4-1-2-5-17(16)26-20/h1-9,15,20,24,26H,10-14H2,(H,28,30). The Labute approximate surface area is 175 Å². The molecule has 1 aromatic carbocycles. The molecule has 1 fully saturated rings. The molecule has 2 aliphatic heterocycles. The van der Waals surface area contributed by atoms with Crippen LogP contribution in [0.15, 0.2) is 60.9 Å². The largest absolute Gasteiger partial charge is 0.376 e. The van der Waals surface area contributed by atoms with Gasteiger partial charge in [-0.25, -0.2) is 4.98 Å². The summed E-state index contributed by atoms with van der Waals surface area (Å²) in [7, 11) is 0. The van der Waals surface area contributed by atoms with Gasteiger partial charge in [0.2, 0.25) is 0 Å². The summed E-state index contributed by atoms with van der Waals surface area (Å²) in [5.41, 5.74) is 5.38. The van der Waals surface area contributed by atoms with Crippen LogP contribution < -0.4 is 20.9 Å². The molecule has 1 atom stereocenters. The number of carbonyl (C=O) groups is 1. The minimum atomic E-state index is -0.225. The van der Waals surface area contributed by atoms with E-state index in [0.29, 0.717) is 11.4 Å². The molecule has 3 N–H and O–H groups in total. The quantitative estimate of drug-likeness (QED) is 0.625. The molecule has 1 saturated heterocycles. The first-order valence-electron chi connectivity index (χ1n) is 10.3. The van der Waals surface area contributed by atoms with Gasteiger partial charge in [0.1, 0.15) is 5.69 Å². The molecule has 1 unspecified atom stereocenters. The predicted octanol–water partition coefficient (Wildman–Crippen LogP) is 2.85. The second kappa shape index (κ2) is 8.12. The Morgan fingerprint density at radius 1 is 1.07 bits per heavy atom. The Morgan fingerprint density at radius 2 is 1.93 bits per heavy atom. The number of fused-ring (bicyclic) bond motifs is 1. The van der Waals surface area contributed by atoms with Gasteiger partial charge in [0, 0.05) is 44.5 Å². The molecule has 4 heterocycles. The first-order chi connectivity index (χ1) is 14.8. The number of benzene rings is 1. The summed E-state index contributed by atoms with van der Waals surface area (Å²) in [5, 5.41) is 9.86. The molecule has 0 aliphatic carbocycles. The van der Waals surface area contributed by atoms with Crippen LogP contribution in [0.1, 0.15) is 27.8 Å². The molecule has 5 rings (SSSR count). The van der Waals surface area contributed by atoms with Crippen LogP contribution in [0.3, 0.4) is 0 Å². The number of rotatable bonds is 4. The van der Waals surface area contributed by atoms with Gasteiger partial charge < -0.3 is 20.9 Å². The zero-order chi connectivity index (χ0) is 20.3. The number of pyridine rings is 2. The van der Waals surface area contributed by atoms with E-state index in [-0.39, 0.29) is 11.9 Å². The maximum absolute atomic E-state index is 13.0. The number of nitrogens with one attached hydrogen (secondary N) is 3. The molecule has 7 heteroatoms. The summed E-state index contributed by atoms with van der Waals surface area (Å²) < 4.78 is 0. The molecule has 3 aromatic rings. The Kier molecular flexibility index (Phi) is 5.03. The highest BCUT2D eigenvalue weighted by atomic mass is 16.1. The van der Waals surface area contributed by atoms with Crippen LogP contribution in [0.2, 0.25) is 0 Å². The monoisotopic (exact) mass is 400 g/mol. The Morgan fingerprint density at radius 3 is 2.80 bits per heavy atom. The molecule has 30 heavy (non-hydrogen) atoms. The lowest BCUT2D eigenvalue weighted by atomic mass is 10.1. The third kappa shape index (κ3) is 3.71. The smallest absolute Gasteiger partial charge is 0.274 e. The molecule has 2 aliphatic rings. The third-order valence-corrected chi connectivity index (χ3v) is 5.64. The van der Waals surface area contributed by atoms with Gasteiger partial charge in [-0.2, -0.15) is 0 Å². The van der Waals surface area contributed by atoms with Crippen molar-refractivity contribution in [1.82, 2.24) is 15.3 Å². The number of aromatic nitrogens is 2. The van der Waals surface area contributed by atoms with E-state index >= 15 is 0 Å². The van der Waals surface area contributed by atoms with E-state index in [1.807, 2.05) is 30.3 Å². The van der Waals surface area contributed by atoms with E-state index in [1.54, 1.807) is 18.5 Å². The van der Waals surface area contributed by atoms with E-state index in [0.717, 1.165) is 49.7 Å².